The first-order chi connectivity index (χ1) is 16.4. The summed E-state index contributed by atoms with van der Waals surface area (Å²) in [5.74, 6) is -0.656. The lowest BCUT2D eigenvalue weighted by Gasteiger charge is -2.42. The molecule has 0 aliphatic carbocycles. The number of anilines is 1. The van der Waals surface area contributed by atoms with Crippen molar-refractivity contribution in [3.05, 3.63) is 52.6 Å². The molecule has 1 saturated heterocycles. The van der Waals surface area contributed by atoms with Crippen molar-refractivity contribution in [2.45, 2.75) is 37.6 Å². The number of rotatable bonds is 8. The van der Waals surface area contributed by atoms with E-state index in [9.17, 15) is 38.6 Å². The quantitative estimate of drug-likeness (QED) is 0.237. The fraction of sp³-hybridized carbons (Fsp3) is 0.381. The zero-order chi connectivity index (χ0) is 25.9. The lowest BCUT2D eigenvalue weighted by molar-refractivity contribution is -0.384. The molecule has 3 rings (SSSR count). The number of nitro groups is 1. The van der Waals surface area contributed by atoms with Crippen molar-refractivity contribution in [2.24, 2.45) is 0 Å². The molecule has 1 fully saturated rings. The molecule has 13 nitrogen and oxygen atoms in total. The largest absolute Gasteiger partial charge is 0.462 e. The number of hydrogen-bond acceptors (Lipinski definition) is 10. The fourth-order valence-electron chi connectivity index (χ4n) is 3.71. The molecule has 1 heterocycles. The molecule has 14 heteroatoms. The van der Waals surface area contributed by atoms with Gasteiger partial charge in [0.1, 0.15) is 35.7 Å². The Morgan fingerprint density at radius 2 is 1.89 bits per heavy atom. The van der Waals surface area contributed by atoms with Crippen LogP contribution in [0.1, 0.15) is 6.92 Å². The van der Waals surface area contributed by atoms with Gasteiger partial charge in [-0.3, -0.25) is 19.6 Å². The van der Waals surface area contributed by atoms with Crippen LogP contribution in [0, 0.1) is 10.1 Å². The van der Waals surface area contributed by atoms with Crippen LogP contribution in [0.2, 0.25) is 0 Å². The summed E-state index contributed by atoms with van der Waals surface area (Å²) in [4.78, 5) is 22.8. The first-order valence-corrected chi connectivity index (χ1v) is 12.2. The minimum Gasteiger partial charge on any atom is -0.462 e. The van der Waals surface area contributed by atoms with E-state index < -0.39 is 58.1 Å². The number of aliphatic hydroxyl groups excluding tert-OH is 3. The van der Waals surface area contributed by atoms with Crippen molar-refractivity contribution in [1.82, 2.24) is 5.32 Å². The molecule has 1 amide bonds. The number of amides is 1. The van der Waals surface area contributed by atoms with Gasteiger partial charge in [0.2, 0.25) is 22.2 Å². The first-order valence-electron chi connectivity index (χ1n) is 10.3. The lowest BCUT2D eigenvalue weighted by Crippen LogP contribution is -2.65. The topological polar surface area (TPSA) is 198 Å². The molecule has 5 atom stereocenters. The van der Waals surface area contributed by atoms with Crippen molar-refractivity contribution >= 4 is 27.3 Å². The van der Waals surface area contributed by atoms with E-state index in [0.717, 1.165) is 6.26 Å². The summed E-state index contributed by atoms with van der Waals surface area (Å²) in [5.41, 5.74) is -0.0173. The number of hydrogen-bond donors (Lipinski definition) is 5. The van der Waals surface area contributed by atoms with Crippen LogP contribution in [0.4, 0.5) is 11.4 Å². The van der Waals surface area contributed by atoms with E-state index in [-0.39, 0.29) is 28.3 Å². The van der Waals surface area contributed by atoms with Crippen LogP contribution >= 0.6 is 0 Å². The van der Waals surface area contributed by atoms with Crippen molar-refractivity contribution in [3.8, 4) is 16.9 Å². The average molecular weight is 512 g/mol. The smallest absolute Gasteiger partial charge is 0.280 e. The third-order valence-corrected chi connectivity index (χ3v) is 5.76. The van der Waals surface area contributed by atoms with Gasteiger partial charge in [-0.15, -0.1) is 0 Å². The second-order valence-corrected chi connectivity index (χ2v) is 9.66. The molecule has 2 aromatic rings. The van der Waals surface area contributed by atoms with Crippen molar-refractivity contribution in [1.29, 1.82) is 0 Å². The van der Waals surface area contributed by atoms with Crippen molar-refractivity contribution in [2.75, 3.05) is 17.6 Å². The highest BCUT2D eigenvalue weighted by Crippen LogP contribution is 2.40. The molecule has 35 heavy (non-hydrogen) atoms. The van der Waals surface area contributed by atoms with Gasteiger partial charge in [0.05, 0.1) is 17.8 Å². The molecule has 2 aromatic carbocycles. The molecule has 0 saturated carbocycles. The Balaban J connectivity index is 2.09. The van der Waals surface area contributed by atoms with Crippen LogP contribution in [0.15, 0.2) is 42.5 Å². The second-order valence-electron chi connectivity index (χ2n) is 7.91. The molecular weight excluding hydrogens is 486 g/mol. The normalized spacial score (nSPS) is 24.4. The summed E-state index contributed by atoms with van der Waals surface area (Å²) >= 11 is 0. The van der Waals surface area contributed by atoms with E-state index in [1.54, 1.807) is 0 Å². The van der Waals surface area contributed by atoms with Crippen LogP contribution in [0.25, 0.3) is 11.1 Å². The minimum absolute atomic E-state index is 0.0269. The van der Waals surface area contributed by atoms with Gasteiger partial charge in [-0.05, 0) is 23.8 Å². The van der Waals surface area contributed by atoms with Crippen LogP contribution in [-0.4, -0.2) is 78.1 Å². The van der Waals surface area contributed by atoms with E-state index in [1.807, 2.05) is 0 Å². The van der Waals surface area contributed by atoms with E-state index in [1.165, 1.54) is 49.4 Å². The minimum atomic E-state index is -3.63. The highest BCUT2D eigenvalue weighted by Gasteiger charge is 2.46. The van der Waals surface area contributed by atoms with Crippen LogP contribution < -0.4 is 14.8 Å². The number of carbonyl (C=O) groups is 1. The number of nitrogens with one attached hydrogen (secondary N) is 2. The molecule has 1 aliphatic rings. The number of benzene rings is 2. The van der Waals surface area contributed by atoms with Gasteiger partial charge < -0.3 is 30.1 Å². The van der Waals surface area contributed by atoms with Gasteiger partial charge in [0.15, 0.2) is 0 Å². The maximum absolute atomic E-state index is 11.8. The monoisotopic (exact) mass is 511 g/mol. The van der Waals surface area contributed by atoms with E-state index in [0.29, 0.717) is 0 Å². The van der Waals surface area contributed by atoms with Crippen LogP contribution in [-0.2, 0) is 19.6 Å². The first kappa shape index (κ1) is 26.3. The van der Waals surface area contributed by atoms with Gasteiger partial charge in [0, 0.05) is 18.7 Å². The van der Waals surface area contributed by atoms with Crippen LogP contribution in [0.3, 0.4) is 0 Å². The van der Waals surface area contributed by atoms with Gasteiger partial charge in [-0.1, -0.05) is 18.2 Å². The highest BCUT2D eigenvalue weighted by molar-refractivity contribution is 7.92. The number of ether oxygens (including phenoxy) is 2. The van der Waals surface area contributed by atoms with E-state index >= 15 is 0 Å². The fourth-order valence-corrected chi connectivity index (χ4v) is 4.26. The van der Waals surface area contributed by atoms with Gasteiger partial charge >= 0.3 is 0 Å². The van der Waals surface area contributed by atoms with E-state index in [4.69, 9.17) is 9.47 Å². The molecule has 0 bridgehead atoms. The summed E-state index contributed by atoms with van der Waals surface area (Å²) in [7, 11) is -3.63. The van der Waals surface area contributed by atoms with Gasteiger partial charge in [0.25, 0.3) is 5.69 Å². The number of aliphatic hydroxyl groups is 3. The third-order valence-electron chi connectivity index (χ3n) is 5.15. The summed E-state index contributed by atoms with van der Waals surface area (Å²) in [6.07, 6.45) is -4.88. The molecule has 190 valence electrons. The molecule has 5 N–H and O–H groups in total. The average Bonchev–Trinajstić information content (AvgIpc) is 2.77. The maximum Gasteiger partial charge on any atom is 0.280 e. The molecular formula is C21H25N3O10S. The summed E-state index contributed by atoms with van der Waals surface area (Å²) < 4.78 is 37.0. The summed E-state index contributed by atoms with van der Waals surface area (Å²) in [5, 5.41) is 44.4. The standard InChI is InChI=1S/C21H25N3O10S/c1-11(26)22-18-20(28)19(27)16(10-25)34-21(18)33-15-8-4-7-14(24(29)30)17(15)12-5-3-6-13(9-12)23-35(2,31)32/h3-9,16,18-21,23,25,27-28H,10H2,1-2H3,(H,22,26)/t16?,18?,19-,20?,21+/m0/s1. The van der Waals surface area contributed by atoms with Crippen molar-refractivity contribution in [3.63, 3.8) is 0 Å². The number of nitro benzene ring substituents is 1. The van der Waals surface area contributed by atoms with Gasteiger partial charge in [-0.25, -0.2) is 8.42 Å². The van der Waals surface area contributed by atoms with E-state index in [2.05, 4.69) is 10.0 Å². The SMILES string of the molecule is CC(=O)NC1C(O)[C@@H](O)C(CO)O[C@H]1Oc1cccc([N+](=O)[O-])c1-c1cccc(NS(C)(=O)=O)c1. The second kappa shape index (κ2) is 10.5. The molecule has 1 aliphatic heterocycles. The predicted molar refractivity (Wildman–Crippen MR) is 123 cm³/mol. The number of nitrogens with zero attached hydrogens (tertiary/aromatic N) is 1. The molecule has 0 radical (unpaired) electrons. The van der Waals surface area contributed by atoms with Gasteiger partial charge in [-0.2, -0.15) is 0 Å². The summed E-state index contributed by atoms with van der Waals surface area (Å²) in [6.45, 7) is 0.499. The highest BCUT2D eigenvalue weighted by atomic mass is 32.2. The zero-order valence-corrected chi connectivity index (χ0v) is 19.5. The maximum atomic E-state index is 11.8. The molecule has 0 spiro atoms. The number of carbonyl (C=O) groups excluding carboxylic acids is 1. The van der Waals surface area contributed by atoms with Crippen LogP contribution in [0.5, 0.6) is 5.75 Å². The Bertz CT molecular complexity index is 1210. The number of sulfonamides is 1. The Labute approximate surface area is 200 Å². The third kappa shape index (κ3) is 6.23. The Morgan fingerprint density at radius 1 is 1.20 bits per heavy atom. The Kier molecular flexibility index (Phi) is 7.92. The Morgan fingerprint density at radius 3 is 2.49 bits per heavy atom. The Hall–Kier alpha value is -3.30. The zero-order valence-electron chi connectivity index (χ0n) is 18.7. The van der Waals surface area contributed by atoms with Crippen molar-refractivity contribution < 1.29 is 42.9 Å². The summed E-state index contributed by atoms with van der Waals surface area (Å²) in [6, 6.07) is 8.50. The lowest BCUT2D eigenvalue weighted by atomic mass is 9.96. The molecule has 0 aromatic heterocycles. The predicted octanol–water partition coefficient (Wildman–Crippen LogP) is -0.0442. The molecule has 3 unspecified atom stereocenters.